The molecule has 0 radical (unpaired) electrons. The number of hydrogen-bond acceptors (Lipinski definition) is 2. The predicted molar refractivity (Wildman–Crippen MR) is 55.7 cm³/mol. The lowest BCUT2D eigenvalue weighted by Gasteiger charge is -2.10. The maximum atomic E-state index is 6.02. The zero-order valence-electron chi connectivity index (χ0n) is 7.39. The zero-order valence-corrected chi connectivity index (χ0v) is 8.14. The van der Waals surface area contributed by atoms with E-state index >= 15 is 0 Å². The van der Waals surface area contributed by atoms with Gasteiger partial charge in [-0.05, 0) is 43.0 Å². The zero-order chi connectivity index (χ0) is 9.47. The van der Waals surface area contributed by atoms with Gasteiger partial charge in [0.15, 0.2) is 0 Å². The summed E-state index contributed by atoms with van der Waals surface area (Å²) in [4.78, 5) is 0. The molecule has 1 saturated carbocycles. The molecule has 0 bridgehead atoms. The van der Waals surface area contributed by atoms with Crippen LogP contribution in [-0.4, -0.2) is 5.54 Å². The maximum absolute atomic E-state index is 6.02. The Morgan fingerprint density at radius 3 is 2.69 bits per heavy atom. The van der Waals surface area contributed by atoms with Crippen molar-refractivity contribution in [2.45, 2.75) is 24.8 Å². The fraction of sp³-hybridized carbons (Fsp3) is 0.400. The Morgan fingerprint density at radius 1 is 1.38 bits per heavy atom. The van der Waals surface area contributed by atoms with Gasteiger partial charge in [-0.3, -0.25) is 0 Å². The molecular formula is C10H13ClN2. The molecule has 0 aromatic heterocycles. The highest BCUT2D eigenvalue weighted by Crippen LogP contribution is 2.37. The first-order valence-electron chi connectivity index (χ1n) is 4.42. The van der Waals surface area contributed by atoms with Crippen LogP contribution < -0.4 is 11.5 Å². The van der Waals surface area contributed by atoms with Gasteiger partial charge in [0.25, 0.3) is 0 Å². The largest absolute Gasteiger partial charge is 0.399 e. The lowest BCUT2D eigenvalue weighted by atomic mass is 10.0. The molecule has 0 unspecified atom stereocenters. The number of rotatable bonds is 2. The van der Waals surface area contributed by atoms with Crippen molar-refractivity contribution in [2.75, 3.05) is 5.73 Å². The molecule has 0 heterocycles. The topological polar surface area (TPSA) is 52.0 Å². The fourth-order valence-corrected chi connectivity index (χ4v) is 1.63. The summed E-state index contributed by atoms with van der Waals surface area (Å²) in [5, 5.41) is 0.769. The van der Waals surface area contributed by atoms with Gasteiger partial charge in [0.2, 0.25) is 0 Å². The molecule has 1 aliphatic rings. The van der Waals surface area contributed by atoms with E-state index in [2.05, 4.69) is 0 Å². The van der Waals surface area contributed by atoms with Crippen LogP contribution in [-0.2, 0) is 6.42 Å². The molecule has 1 aliphatic carbocycles. The molecule has 13 heavy (non-hydrogen) atoms. The van der Waals surface area contributed by atoms with Crippen molar-refractivity contribution >= 4 is 17.3 Å². The van der Waals surface area contributed by atoms with Crippen LogP contribution in [0.15, 0.2) is 18.2 Å². The Hall–Kier alpha value is -0.730. The lowest BCUT2D eigenvalue weighted by Crippen LogP contribution is -2.24. The van der Waals surface area contributed by atoms with E-state index < -0.39 is 0 Å². The van der Waals surface area contributed by atoms with Crippen LogP contribution in [0.5, 0.6) is 0 Å². The summed E-state index contributed by atoms with van der Waals surface area (Å²) in [6, 6.07) is 5.55. The highest BCUT2D eigenvalue weighted by Gasteiger charge is 2.38. The summed E-state index contributed by atoms with van der Waals surface area (Å²) in [5.74, 6) is 0. The SMILES string of the molecule is Nc1ccc(Cl)c(CC2(N)CC2)c1. The summed E-state index contributed by atoms with van der Waals surface area (Å²) in [7, 11) is 0. The monoisotopic (exact) mass is 196 g/mol. The van der Waals surface area contributed by atoms with E-state index in [1.165, 1.54) is 0 Å². The number of halogens is 1. The van der Waals surface area contributed by atoms with E-state index in [0.717, 1.165) is 35.5 Å². The minimum Gasteiger partial charge on any atom is -0.399 e. The van der Waals surface area contributed by atoms with E-state index in [0.29, 0.717) is 0 Å². The van der Waals surface area contributed by atoms with Crippen molar-refractivity contribution in [3.05, 3.63) is 28.8 Å². The molecule has 0 spiro atoms. The lowest BCUT2D eigenvalue weighted by molar-refractivity contribution is 0.672. The van der Waals surface area contributed by atoms with Gasteiger partial charge in [0.1, 0.15) is 0 Å². The third-order valence-corrected chi connectivity index (χ3v) is 2.87. The standard InChI is InChI=1S/C10H13ClN2/c11-9-2-1-8(12)5-7(9)6-10(13)3-4-10/h1-2,5H,3-4,6,12-13H2. The Bertz CT molecular complexity index is 332. The van der Waals surface area contributed by atoms with Crippen LogP contribution in [0.25, 0.3) is 0 Å². The minimum absolute atomic E-state index is 0.00255. The normalized spacial score (nSPS) is 18.6. The van der Waals surface area contributed by atoms with Crippen LogP contribution in [0.2, 0.25) is 5.02 Å². The third kappa shape index (κ3) is 1.95. The average molecular weight is 197 g/mol. The van der Waals surface area contributed by atoms with Crippen LogP contribution in [0.3, 0.4) is 0 Å². The van der Waals surface area contributed by atoms with Crippen molar-refractivity contribution < 1.29 is 0 Å². The van der Waals surface area contributed by atoms with Gasteiger partial charge >= 0.3 is 0 Å². The first-order valence-corrected chi connectivity index (χ1v) is 4.80. The van der Waals surface area contributed by atoms with Gasteiger partial charge < -0.3 is 11.5 Å². The molecule has 70 valence electrons. The molecule has 4 N–H and O–H groups in total. The van der Waals surface area contributed by atoms with Crippen molar-refractivity contribution in [3.63, 3.8) is 0 Å². The Kier molecular flexibility index (Phi) is 1.97. The summed E-state index contributed by atoms with van der Waals surface area (Å²) >= 11 is 6.02. The van der Waals surface area contributed by atoms with E-state index in [1.807, 2.05) is 18.2 Å². The van der Waals surface area contributed by atoms with Crippen LogP contribution in [0.4, 0.5) is 5.69 Å². The Balaban J connectivity index is 2.23. The van der Waals surface area contributed by atoms with Crippen LogP contribution in [0, 0.1) is 0 Å². The molecular weight excluding hydrogens is 184 g/mol. The van der Waals surface area contributed by atoms with Crippen LogP contribution >= 0.6 is 11.6 Å². The number of nitrogens with two attached hydrogens (primary N) is 2. The van der Waals surface area contributed by atoms with Gasteiger partial charge in [0, 0.05) is 16.2 Å². The van der Waals surface area contributed by atoms with Gasteiger partial charge in [-0.2, -0.15) is 0 Å². The molecule has 3 heteroatoms. The number of hydrogen-bond donors (Lipinski definition) is 2. The van der Waals surface area contributed by atoms with Gasteiger partial charge in [-0.15, -0.1) is 0 Å². The molecule has 0 saturated heterocycles. The summed E-state index contributed by atoms with van der Waals surface area (Å²) in [6.07, 6.45) is 3.03. The van der Waals surface area contributed by atoms with Crippen molar-refractivity contribution in [1.82, 2.24) is 0 Å². The van der Waals surface area contributed by atoms with Crippen molar-refractivity contribution in [1.29, 1.82) is 0 Å². The Labute approximate surface area is 82.9 Å². The molecule has 0 atom stereocenters. The van der Waals surface area contributed by atoms with Gasteiger partial charge in [-0.25, -0.2) is 0 Å². The van der Waals surface area contributed by atoms with Crippen molar-refractivity contribution in [3.8, 4) is 0 Å². The molecule has 1 aromatic carbocycles. The summed E-state index contributed by atoms with van der Waals surface area (Å²) in [5.41, 5.74) is 13.5. The molecule has 1 fully saturated rings. The van der Waals surface area contributed by atoms with E-state index in [4.69, 9.17) is 23.1 Å². The first kappa shape index (κ1) is 8.85. The second-order valence-corrected chi connectivity index (χ2v) is 4.30. The van der Waals surface area contributed by atoms with Crippen molar-refractivity contribution in [2.24, 2.45) is 5.73 Å². The smallest absolute Gasteiger partial charge is 0.0440 e. The molecule has 0 aliphatic heterocycles. The van der Waals surface area contributed by atoms with Gasteiger partial charge in [-0.1, -0.05) is 11.6 Å². The Morgan fingerprint density at radius 2 is 2.08 bits per heavy atom. The second kappa shape index (κ2) is 2.89. The number of anilines is 1. The minimum atomic E-state index is -0.00255. The second-order valence-electron chi connectivity index (χ2n) is 3.89. The first-order chi connectivity index (χ1) is 6.09. The number of nitrogen functional groups attached to an aromatic ring is 1. The van der Waals surface area contributed by atoms with E-state index in [9.17, 15) is 0 Å². The van der Waals surface area contributed by atoms with E-state index in [-0.39, 0.29) is 5.54 Å². The summed E-state index contributed by atoms with van der Waals surface area (Å²) < 4.78 is 0. The molecule has 2 nitrogen and oxygen atoms in total. The van der Waals surface area contributed by atoms with E-state index in [1.54, 1.807) is 0 Å². The number of benzene rings is 1. The molecule has 1 aromatic rings. The van der Waals surface area contributed by atoms with Crippen LogP contribution in [0.1, 0.15) is 18.4 Å². The predicted octanol–water partition coefficient (Wildman–Crippen LogP) is 1.96. The highest BCUT2D eigenvalue weighted by atomic mass is 35.5. The molecule has 2 rings (SSSR count). The molecule has 0 amide bonds. The quantitative estimate of drug-likeness (QED) is 0.711. The highest BCUT2D eigenvalue weighted by molar-refractivity contribution is 6.31. The maximum Gasteiger partial charge on any atom is 0.0440 e. The van der Waals surface area contributed by atoms with Gasteiger partial charge in [0.05, 0.1) is 0 Å². The fourth-order valence-electron chi connectivity index (χ4n) is 1.45. The summed E-state index contributed by atoms with van der Waals surface area (Å²) in [6.45, 7) is 0. The third-order valence-electron chi connectivity index (χ3n) is 2.50. The average Bonchev–Trinajstić information content (AvgIpc) is 2.76.